The number of hydrogen-bond donors (Lipinski definition) is 2. The first-order chi connectivity index (χ1) is 12.9. The summed E-state index contributed by atoms with van der Waals surface area (Å²) < 4.78 is 0.592. The van der Waals surface area contributed by atoms with E-state index in [0.29, 0.717) is 20.2 Å². The van der Waals surface area contributed by atoms with Crippen LogP contribution in [0.3, 0.4) is 0 Å². The van der Waals surface area contributed by atoms with E-state index in [9.17, 15) is 9.59 Å². The molecule has 2 amide bonds. The fourth-order valence-electron chi connectivity index (χ4n) is 2.00. The molecule has 0 spiro atoms. The predicted molar refractivity (Wildman–Crippen MR) is 108 cm³/mol. The van der Waals surface area contributed by atoms with E-state index in [0.717, 1.165) is 16.1 Å². The van der Waals surface area contributed by atoms with Gasteiger partial charge in [-0.15, -0.1) is 20.4 Å². The van der Waals surface area contributed by atoms with Gasteiger partial charge in [0, 0.05) is 5.56 Å². The fraction of sp³-hybridized carbons (Fsp3) is 0.250. The molecule has 11 heteroatoms. The van der Waals surface area contributed by atoms with E-state index in [1.807, 2.05) is 32.9 Å². The highest BCUT2D eigenvalue weighted by Gasteiger charge is 2.13. The van der Waals surface area contributed by atoms with Gasteiger partial charge in [0.1, 0.15) is 5.01 Å². The summed E-state index contributed by atoms with van der Waals surface area (Å²) in [6.07, 6.45) is 0. The Morgan fingerprint density at radius 3 is 2.41 bits per heavy atom. The number of thioether (sulfide) groups is 1. The van der Waals surface area contributed by atoms with Crippen LogP contribution in [0, 0.1) is 20.8 Å². The van der Waals surface area contributed by atoms with Crippen molar-refractivity contribution >= 4 is 56.5 Å². The van der Waals surface area contributed by atoms with Crippen LogP contribution in [-0.2, 0) is 4.79 Å². The van der Waals surface area contributed by atoms with Gasteiger partial charge in [-0.25, -0.2) is 0 Å². The minimum Gasteiger partial charge on any atom is -0.300 e. The summed E-state index contributed by atoms with van der Waals surface area (Å²) in [5.41, 5.74) is 2.74. The summed E-state index contributed by atoms with van der Waals surface area (Å²) in [7, 11) is 0. The molecule has 0 aliphatic heterocycles. The van der Waals surface area contributed by atoms with Crippen molar-refractivity contribution in [3.8, 4) is 0 Å². The third-order valence-corrected chi connectivity index (χ3v) is 6.22. The zero-order valence-corrected chi connectivity index (χ0v) is 17.2. The predicted octanol–water partition coefficient (Wildman–Crippen LogP) is 3.30. The average molecular weight is 421 g/mol. The topological polar surface area (TPSA) is 110 Å². The van der Waals surface area contributed by atoms with E-state index in [2.05, 4.69) is 31.0 Å². The minimum atomic E-state index is -0.241. The third-order valence-electron chi connectivity index (χ3n) is 3.50. The number of nitrogens with one attached hydrogen (secondary N) is 2. The Kier molecular flexibility index (Phi) is 6.14. The van der Waals surface area contributed by atoms with Crippen LogP contribution in [0.4, 0.5) is 10.3 Å². The number of benzene rings is 1. The molecule has 0 bridgehead atoms. The van der Waals surface area contributed by atoms with Gasteiger partial charge in [-0.3, -0.25) is 20.2 Å². The van der Waals surface area contributed by atoms with E-state index in [1.165, 1.54) is 34.4 Å². The van der Waals surface area contributed by atoms with E-state index in [-0.39, 0.29) is 17.6 Å². The molecule has 27 heavy (non-hydrogen) atoms. The molecular weight excluding hydrogens is 404 g/mol. The first-order valence-electron chi connectivity index (χ1n) is 7.85. The van der Waals surface area contributed by atoms with E-state index in [1.54, 1.807) is 6.07 Å². The second-order valence-corrected chi connectivity index (χ2v) is 8.97. The first-order valence-corrected chi connectivity index (χ1v) is 10.5. The normalized spacial score (nSPS) is 10.6. The standard InChI is InChI=1S/C16H16N6O2S3/c1-8-4-5-11(6-9(8)2)13(24)18-15-21-22-16(27-15)25-7-12(23)17-14-20-19-10(3)26-14/h4-6H,7H2,1-3H3,(H,17,20,23)(H,18,21,24). The van der Waals surface area contributed by atoms with Crippen molar-refractivity contribution < 1.29 is 9.59 Å². The Bertz CT molecular complexity index is 984. The number of carbonyl (C=O) groups is 2. The van der Waals surface area contributed by atoms with Gasteiger partial charge >= 0.3 is 0 Å². The van der Waals surface area contributed by atoms with Gasteiger partial charge in [-0.1, -0.05) is 40.5 Å². The van der Waals surface area contributed by atoms with Crippen molar-refractivity contribution in [2.24, 2.45) is 0 Å². The SMILES string of the molecule is Cc1nnc(NC(=O)CSc2nnc(NC(=O)c3ccc(C)c(C)c3)s2)s1. The van der Waals surface area contributed by atoms with Crippen LogP contribution in [0.25, 0.3) is 0 Å². The summed E-state index contributed by atoms with van der Waals surface area (Å²) >= 11 is 3.77. The number of aryl methyl sites for hydroxylation is 3. The molecule has 2 heterocycles. The highest BCUT2D eigenvalue weighted by atomic mass is 32.2. The number of anilines is 2. The van der Waals surface area contributed by atoms with Gasteiger partial charge in [0.05, 0.1) is 5.75 Å². The number of aromatic nitrogens is 4. The zero-order valence-electron chi connectivity index (χ0n) is 14.8. The summed E-state index contributed by atoms with van der Waals surface area (Å²) in [5, 5.41) is 22.7. The van der Waals surface area contributed by atoms with Gasteiger partial charge in [-0.05, 0) is 44.0 Å². The Morgan fingerprint density at radius 2 is 1.70 bits per heavy atom. The number of amides is 2. The second-order valence-electron chi connectivity index (χ2n) is 5.59. The maximum atomic E-state index is 12.3. The summed E-state index contributed by atoms with van der Waals surface area (Å²) in [4.78, 5) is 24.2. The summed E-state index contributed by atoms with van der Waals surface area (Å²) in [6, 6.07) is 5.51. The molecule has 3 rings (SSSR count). The number of hydrogen-bond acceptors (Lipinski definition) is 9. The van der Waals surface area contributed by atoms with Crippen molar-refractivity contribution in [3.05, 3.63) is 39.9 Å². The molecule has 8 nitrogen and oxygen atoms in total. The molecule has 0 saturated carbocycles. The highest BCUT2D eigenvalue weighted by Crippen LogP contribution is 2.26. The molecule has 2 aromatic heterocycles. The van der Waals surface area contributed by atoms with Crippen molar-refractivity contribution in [2.75, 3.05) is 16.4 Å². The number of rotatable bonds is 6. The maximum absolute atomic E-state index is 12.3. The zero-order chi connectivity index (χ0) is 19.4. The molecule has 0 fully saturated rings. The molecule has 0 aliphatic carbocycles. The molecule has 1 aromatic carbocycles. The van der Waals surface area contributed by atoms with Gasteiger partial charge in [0.15, 0.2) is 4.34 Å². The largest absolute Gasteiger partial charge is 0.300 e. The molecule has 3 aromatic rings. The molecule has 0 unspecified atom stereocenters. The lowest BCUT2D eigenvalue weighted by Crippen LogP contribution is -2.13. The van der Waals surface area contributed by atoms with Crippen LogP contribution >= 0.6 is 34.4 Å². The van der Waals surface area contributed by atoms with Crippen LogP contribution in [0.5, 0.6) is 0 Å². The minimum absolute atomic E-state index is 0.165. The van der Waals surface area contributed by atoms with Gasteiger partial charge in [0.2, 0.25) is 16.2 Å². The molecule has 0 saturated heterocycles. The monoisotopic (exact) mass is 420 g/mol. The van der Waals surface area contributed by atoms with Crippen LogP contribution < -0.4 is 10.6 Å². The van der Waals surface area contributed by atoms with Gasteiger partial charge in [0.25, 0.3) is 5.91 Å². The van der Waals surface area contributed by atoms with Crippen molar-refractivity contribution in [2.45, 2.75) is 25.1 Å². The maximum Gasteiger partial charge on any atom is 0.257 e. The van der Waals surface area contributed by atoms with E-state index < -0.39 is 0 Å². The van der Waals surface area contributed by atoms with Crippen LogP contribution in [-0.4, -0.2) is 38.0 Å². The first kappa shape index (κ1) is 19.4. The van der Waals surface area contributed by atoms with Crippen molar-refractivity contribution in [1.29, 1.82) is 0 Å². The summed E-state index contributed by atoms with van der Waals surface area (Å²) in [6.45, 7) is 5.77. The van der Waals surface area contributed by atoms with E-state index in [4.69, 9.17) is 0 Å². The third kappa shape index (κ3) is 5.31. The van der Waals surface area contributed by atoms with Crippen LogP contribution in [0.1, 0.15) is 26.5 Å². The number of carbonyl (C=O) groups excluding carboxylic acids is 2. The highest BCUT2D eigenvalue weighted by molar-refractivity contribution is 8.01. The Balaban J connectivity index is 1.52. The van der Waals surface area contributed by atoms with Crippen LogP contribution in [0.2, 0.25) is 0 Å². The Labute approximate surface area is 167 Å². The molecular formula is C16H16N6O2S3. The van der Waals surface area contributed by atoms with E-state index >= 15 is 0 Å². The lowest BCUT2D eigenvalue weighted by Gasteiger charge is -2.04. The van der Waals surface area contributed by atoms with Crippen molar-refractivity contribution in [3.63, 3.8) is 0 Å². The lowest BCUT2D eigenvalue weighted by molar-refractivity contribution is -0.113. The summed E-state index contributed by atoms with van der Waals surface area (Å²) in [5.74, 6) is -0.277. The van der Waals surface area contributed by atoms with Gasteiger partial charge in [-0.2, -0.15) is 0 Å². The van der Waals surface area contributed by atoms with Crippen molar-refractivity contribution in [1.82, 2.24) is 20.4 Å². The molecule has 140 valence electrons. The quantitative estimate of drug-likeness (QED) is 0.465. The average Bonchev–Trinajstić information content (AvgIpc) is 3.24. The smallest absolute Gasteiger partial charge is 0.257 e. The Morgan fingerprint density at radius 1 is 0.963 bits per heavy atom. The van der Waals surface area contributed by atoms with Crippen LogP contribution in [0.15, 0.2) is 22.5 Å². The Hall–Kier alpha value is -2.37. The second kappa shape index (κ2) is 8.55. The lowest BCUT2D eigenvalue weighted by atomic mass is 10.1. The molecule has 0 aliphatic rings. The fourth-order valence-corrected chi connectivity index (χ4v) is 4.16. The molecule has 0 radical (unpaired) electrons. The molecule has 0 atom stereocenters. The van der Waals surface area contributed by atoms with Gasteiger partial charge < -0.3 is 0 Å². The molecule has 2 N–H and O–H groups in total. The number of nitrogens with zero attached hydrogens (tertiary/aromatic N) is 4.